The lowest BCUT2D eigenvalue weighted by Crippen LogP contribution is -3.16. The molecule has 0 spiro atoms. The summed E-state index contributed by atoms with van der Waals surface area (Å²) in [6, 6.07) is 0. The molecule has 0 aromatic rings. The van der Waals surface area contributed by atoms with Crippen molar-refractivity contribution in [2.75, 3.05) is 19.6 Å². The highest BCUT2D eigenvalue weighted by atomic mass is 16.2. The van der Waals surface area contributed by atoms with E-state index >= 15 is 0 Å². The van der Waals surface area contributed by atoms with Gasteiger partial charge in [-0.15, -0.1) is 0 Å². The van der Waals surface area contributed by atoms with Gasteiger partial charge < -0.3 is 5.32 Å². The van der Waals surface area contributed by atoms with E-state index in [2.05, 4.69) is 18.3 Å². The molecule has 4 atom stereocenters. The van der Waals surface area contributed by atoms with Crippen molar-refractivity contribution >= 4 is 5.91 Å². The minimum atomic E-state index is 0.247. The van der Waals surface area contributed by atoms with Crippen LogP contribution in [0.5, 0.6) is 0 Å². The van der Waals surface area contributed by atoms with Gasteiger partial charge in [-0.2, -0.15) is 0 Å². The van der Waals surface area contributed by atoms with Crippen molar-refractivity contribution in [3.8, 4) is 0 Å². The topological polar surface area (TPSA) is 33.5 Å². The van der Waals surface area contributed by atoms with Crippen LogP contribution in [0.25, 0.3) is 0 Å². The molecule has 3 heteroatoms. The maximum atomic E-state index is 11.8. The van der Waals surface area contributed by atoms with Gasteiger partial charge in [0.05, 0.1) is 6.54 Å². The van der Waals surface area contributed by atoms with Crippen LogP contribution >= 0.6 is 0 Å². The van der Waals surface area contributed by atoms with Gasteiger partial charge in [0.15, 0.2) is 0 Å². The van der Waals surface area contributed by atoms with Gasteiger partial charge in [-0.1, -0.05) is 6.92 Å². The second kappa shape index (κ2) is 3.29. The van der Waals surface area contributed by atoms with Crippen LogP contribution in [-0.2, 0) is 4.79 Å². The molecule has 3 heterocycles. The molecule has 3 nitrogen and oxygen atoms in total. The third-order valence-corrected chi connectivity index (χ3v) is 4.18. The molecule has 1 amide bonds. The van der Waals surface area contributed by atoms with Crippen molar-refractivity contribution in [1.82, 2.24) is 5.32 Å². The number of amides is 1. The number of rotatable bonds is 0. The van der Waals surface area contributed by atoms with Crippen molar-refractivity contribution in [3.63, 3.8) is 0 Å². The number of quaternary nitrogens is 1. The lowest BCUT2D eigenvalue weighted by Gasteiger charge is -2.44. The molecule has 3 rings (SSSR count). The largest absolute Gasteiger partial charge is 0.341 e. The first-order valence-electron chi connectivity index (χ1n) is 5.77. The Morgan fingerprint density at radius 1 is 1.47 bits per heavy atom. The van der Waals surface area contributed by atoms with Crippen LogP contribution in [0.1, 0.15) is 6.92 Å². The standard InChI is InChI=1S/C12H16N2O/c1-8-9-5-13-6-10(8)11-3-2-4-12(15)14(11)7-9/h2-4,8-10,13H,5-7H2,1H3/p+1. The maximum absolute atomic E-state index is 11.8. The molecule has 0 aliphatic carbocycles. The maximum Gasteiger partial charge on any atom is 0.341 e. The smallest absolute Gasteiger partial charge is 0.315 e. The van der Waals surface area contributed by atoms with Crippen LogP contribution in [0.3, 0.4) is 0 Å². The Bertz CT molecular complexity index is 359. The average molecular weight is 205 g/mol. The quantitative estimate of drug-likeness (QED) is 0.550. The Labute approximate surface area is 89.8 Å². The zero-order valence-corrected chi connectivity index (χ0v) is 8.99. The molecule has 2 N–H and O–H groups in total. The second-order valence-corrected chi connectivity index (χ2v) is 4.91. The van der Waals surface area contributed by atoms with Crippen LogP contribution in [0.15, 0.2) is 23.9 Å². The van der Waals surface area contributed by atoms with Crippen LogP contribution in [0.4, 0.5) is 0 Å². The van der Waals surface area contributed by atoms with E-state index in [1.807, 2.05) is 6.08 Å². The molecule has 15 heavy (non-hydrogen) atoms. The van der Waals surface area contributed by atoms with Gasteiger partial charge in [0, 0.05) is 31.0 Å². The highest BCUT2D eigenvalue weighted by Gasteiger charge is 2.45. The third-order valence-electron chi connectivity index (χ3n) is 4.18. The lowest BCUT2D eigenvalue weighted by molar-refractivity contribution is -0.794. The van der Waals surface area contributed by atoms with E-state index in [4.69, 9.17) is 0 Å². The minimum Gasteiger partial charge on any atom is -0.315 e. The van der Waals surface area contributed by atoms with Gasteiger partial charge in [0.2, 0.25) is 0 Å². The number of allylic oxidation sites excluding steroid dienone is 2. The highest BCUT2D eigenvalue weighted by Crippen LogP contribution is 2.30. The minimum absolute atomic E-state index is 0.247. The average Bonchev–Trinajstić information content (AvgIpc) is 2.20. The first-order chi connectivity index (χ1) is 7.27. The van der Waals surface area contributed by atoms with Crippen molar-refractivity contribution < 1.29 is 9.69 Å². The van der Waals surface area contributed by atoms with Crippen molar-refractivity contribution in [3.05, 3.63) is 23.9 Å². The molecule has 0 aromatic carbocycles. The van der Waals surface area contributed by atoms with E-state index in [1.54, 1.807) is 6.08 Å². The van der Waals surface area contributed by atoms with Crippen LogP contribution in [0.2, 0.25) is 0 Å². The predicted octanol–water partition coefficient (Wildman–Crippen LogP) is -0.663. The van der Waals surface area contributed by atoms with E-state index < -0.39 is 0 Å². The summed E-state index contributed by atoms with van der Waals surface area (Å²) < 4.78 is 0. The Hall–Kier alpha value is -0.930. The predicted molar refractivity (Wildman–Crippen MR) is 57.1 cm³/mol. The van der Waals surface area contributed by atoms with E-state index in [0.717, 1.165) is 30.5 Å². The van der Waals surface area contributed by atoms with Gasteiger partial charge in [0.1, 0.15) is 5.70 Å². The van der Waals surface area contributed by atoms with E-state index in [1.165, 1.54) is 5.70 Å². The van der Waals surface area contributed by atoms with Crippen molar-refractivity contribution in [2.24, 2.45) is 17.8 Å². The summed E-state index contributed by atoms with van der Waals surface area (Å²) in [5.41, 5.74) is 1.30. The van der Waals surface area contributed by atoms with Crippen LogP contribution in [-0.4, -0.2) is 25.5 Å². The zero-order chi connectivity index (χ0) is 10.4. The monoisotopic (exact) mass is 205 g/mol. The van der Waals surface area contributed by atoms with Gasteiger partial charge in [-0.25, -0.2) is 9.69 Å². The number of fused-ring (bicyclic) bond motifs is 4. The summed E-state index contributed by atoms with van der Waals surface area (Å²) >= 11 is 0. The molecular weight excluding hydrogens is 188 g/mol. The molecule has 3 aliphatic heterocycles. The summed E-state index contributed by atoms with van der Waals surface area (Å²) in [7, 11) is 0. The summed E-state index contributed by atoms with van der Waals surface area (Å²) in [6.45, 7) is 5.41. The van der Waals surface area contributed by atoms with E-state index in [-0.39, 0.29) is 5.91 Å². The molecule has 0 radical (unpaired) electrons. The molecule has 2 saturated heterocycles. The lowest BCUT2D eigenvalue weighted by atomic mass is 9.73. The third kappa shape index (κ3) is 1.30. The van der Waals surface area contributed by atoms with Gasteiger partial charge in [-0.3, -0.25) is 0 Å². The first kappa shape index (κ1) is 9.31. The fraction of sp³-hybridized carbons (Fsp3) is 0.583. The number of carbonyl (C=O) groups excluding carboxylic acids is 1. The number of piperidine rings is 2. The number of hydrogen-bond donors (Lipinski definition) is 2. The normalized spacial score (nSPS) is 43.5. The molecular formula is C12H17N2O+. The van der Waals surface area contributed by atoms with Crippen molar-refractivity contribution in [2.45, 2.75) is 6.92 Å². The SMILES string of the molecule is CC1C2CNCC1C1=CC=CC(=O)[NH+]1C2. The zero-order valence-electron chi connectivity index (χ0n) is 8.99. The summed E-state index contributed by atoms with van der Waals surface area (Å²) in [6.07, 6.45) is 5.75. The van der Waals surface area contributed by atoms with Crippen molar-refractivity contribution in [1.29, 1.82) is 0 Å². The molecule has 4 unspecified atom stereocenters. The molecule has 80 valence electrons. The summed E-state index contributed by atoms with van der Waals surface area (Å²) in [5, 5.41) is 3.48. The Morgan fingerprint density at radius 3 is 3.20 bits per heavy atom. The number of nitrogens with one attached hydrogen (secondary N) is 2. The van der Waals surface area contributed by atoms with E-state index in [9.17, 15) is 4.79 Å². The van der Waals surface area contributed by atoms with Gasteiger partial charge in [-0.05, 0) is 18.1 Å². The Balaban J connectivity index is 1.99. The Kier molecular flexibility index (Phi) is 2.04. The summed E-state index contributed by atoms with van der Waals surface area (Å²) in [5.74, 6) is 2.18. The van der Waals surface area contributed by atoms with Crippen LogP contribution in [0, 0.1) is 17.8 Å². The molecule has 3 aliphatic rings. The number of carbonyl (C=O) groups is 1. The van der Waals surface area contributed by atoms with Gasteiger partial charge >= 0.3 is 5.91 Å². The molecule has 0 aromatic heterocycles. The summed E-state index contributed by atoms with van der Waals surface area (Å²) in [4.78, 5) is 12.9. The molecule has 0 saturated carbocycles. The fourth-order valence-electron chi connectivity index (χ4n) is 3.19. The second-order valence-electron chi connectivity index (χ2n) is 4.91. The fourth-order valence-corrected chi connectivity index (χ4v) is 3.19. The van der Waals surface area contributed by atoms with Crippen LogP contribution < -0.4 is 10.2 Å². The molecule has 2 bridgehead atoms. The first-order valence-corrected chi connectivity index (χ1v) is 5.77. The number of hydrogen-bond acceptors (Lipinski definition) is 2. The Morgan fingerprint density at radius 2 is 2.33 bits per heavy atom. The molecule has 2 fully saturated rings. The highest BCUT2D eigenvalue weighted by molar-refractivity contribution is 5.81. The van der Waals surface area contributed by atoms with E-state index in [0.29, 0.717) is 11.8 Å². The van der Waals surface area contributed by atoms with Gasteiger partial charge in [0.25, 0.3) is 0 Å².